The van der Waals surface area contributed by atoms with Crippen molar-refractivity contribution in [2.24, 2.45) is 17.3 Å². The Hall–Kier alpha value is -0.610. The van der Waals surface area contributed by atoms with Crippen molar-refractivity contribution in [1.82, 2.24) is 0 Å². The summed E-state index contributed by atoms with van der Waals surface area (Å²) in [6.07, 6.45) is 1.97. The maximum atomic E-state index is 11.5. The van der Waals surface area contributed by atoms with Gasteiger partial charge in [-0.1, -0.05) is 0 Å². The van der Waals surface area contributed by atoms with E-state index >= 15 is 0 Å². The molecule has 4 heteroatoms. The zero-order valence-corrected chi connectivity index (χ0v) is 8.62. The van der Waals surface area contributed by atoms with Gasteiger partial charge in [0, 0.05) is 13.0 Å². The predicted octanol–water partition coefficient (Wildman–Crippen LogP) is 0.806. The molecule has 0 heterocycles. The molecule has 4 nitrogen and oxygen atoms in total. The molecule has 0 aromatic carbocycles. The molecule has 3 aliphatic carbocycles. The molecule has 3 fully saturated rings. The van der Waals surface area contributed by atoms with Crippen molar-refractivity contribution in [3.8, 4) is 0 Å². The fraction of sp³-hybridized carbons (Fsp3) is 0.900. The molecule has 3 rings (SSSR count). The maximum Gasteiger partial charge on any atom is 0.312 e. The quantitative estimate of drug-likeness (QED) is 0.374. The van der Waals surface area contributed by atoms with Crippen molar-refractivity contribution in [3.63, 3.8) is 0 Å². The van der Waals surface area contributed by atoms with Crippen molar-refractivity contribution < 1.29 is 19.0 Å². The first-order chi connectivity index (χ1) is 6.74. The minimum Gasteiger partial charge on any atom is -0.469 e. The summed E-state index contributed by atoms with van der Waals surface area (Å²) in [6.45, 7) is 0.925. The molecule has 3 saturated carbocycles. The van der Waals surface area contributed by atoms with Gasteiger partial charge in [-0.3, -0.25) is 4.79 Å². The Morgan fingerprint density at radius 3 is 2.57 bits per heavy atom. The third-order valence-corrected chi connectivity index (χ3v) is 3.62. The highest BCUT2D eigenvalue weighted by molar-refractivity contribution is 5.81. The number of carbonyl (C=O) groups excluding carboxylic acids is 1. The largest absolute Gasteiger partial charge is 0.469 e. The monoisotopic (exact) mass is 200 g/mol. The minimum atomic E-state index is -0.201. The van der Waals surface area contributed by atoms with E-state index in [9.17, 15) is 4.79 Å². The van der Waals surface area contributed by atoms with Gasteiger partial charge in [0.1, 0.15) is 6.79 Å². The minimum absolute atomic E-state index is 0.0639. The van der Waals surface area contributed by atoms with Crippen molar-refractivity contribution in [3.05, 3.63) is 0 Å². The predicted molar refractivity (Wildman–Crippen MR) is 48.5 cm³/mol. The van der Waals surface area contributed by atoms with Gasteiger partial charge in [-0.2, -0.15) is 0 Å². The number of methoxy groups -OCH3 is 2. The van der Waals surface area contributed by atoms with Gasteiger partial charge in [0.05, 0.1) is 19.1 Å². The van der Waals surface area contributed by atoms with Crippen LogP contribution in [-0.4, -0.2) is 33.6 Å². The van der Waals surface area contributed by atoms with Crippen molar-refractivity contribution >= 4 is 5.97 Å². The van der Waals surface area contributed by atoms with Gasteiger partial charge in [-0.05, 0) is 18.8 Å². The lowest BCUT2D eigenvalue weighted by atomic mass is 9.37. The Labute approximate surface area is 83.5 Å². The van der Waals surface area contributed by atoms with Crippen LogP contribution in [0.3, 0.4) is 0 Å². The Morgan fingerprint density at radius 1 is 1.43 bits per heavy atom. The zero-order chi connectivity index (χ0) is 10.2. The van der Waals surface area contributed by atoms with Gasteiger partial charge in [-0.25, -0.2) is 0 Å². The van der Waals surface area contributed by atoms with E-state index in [1.807, 2.05) is 0 Å². The van der Waals surface area contributed by atoms with Crippen LogP contribution in [0.15, 0.2) is 0 Å². The summed E-state index contributed by atoms with van der Waals surface area (Å²) in [7, 11) is 3.05. The first-order valence-corrected chi connectivity index (χ1v) is 4.89. The molecule has 0 amide bonds. The van der Waals surface area contributed by atoms with E-state index in [2.05, 4.69) is 0 Å². The fourth-order valence-electron chi connectivity index (χ4n) is 2.67. The van der Waals surface area contributed by atoms with E-state index in [-0.39, 0.29) is 11.4 Å². The van der Waals surface area contributed by atoms with Crippen LogP contribution in [0.2, 0.25) is 0 Å². The highest BCUT2D eigenvalue weighted by atomic mass is 16.7. The number of carbonyl (C=O) groups is 1. The second-order valence-electron chi connectivity index (χ2n) is 4.20. The van der Waals surface area contributed by atoms with E-state index in [0.717, 1.165) is 12.8 Å². The fourth-order valence-corrected chi connectivity index (χ4v) is 2.67. The lowest BCUT2D eigenvalue weighted by molar-refractivity contribution is -0.236. The molecule has 1 unspecified atom stereocenters. The van der Waals surface area contributed by atoms with Crippen LogP contribution in [0.4, 0.5) is 0 Å². The number of hydrogen-bond donors (Lipinski definition) is 0. The molecular weight excluding hydrogens is 184 g/mol. The second kappa shape index (κ2) is 3.51. The normalized spacial score (nSPS) is 38.4. The summed E-state index contributed by atoms with van der Waals surface area (Å²) >= 11 is 0. The van der Waals surface area contributed by atoms with Crippen LogP contribution in [0.5, 0.6) is 0 Å². The first-order valence-electron chi connectivity index (χ1n) is 4.89. The summed E-state index contributed by atoms with van der Waals surface area (Å²) in [4.78, 5) is 11.5. The van der Waals surface area contributed by atoms with Crippen molar-refractivity contribution in [2.75, 3.05) is 27.6 Å². The van der Waals surface area contributed by atoms with E-state index in [1.165, 1.54) is 7.11 Å². The molecule has 0 aliphatic heterocycles. The lowest BCUT2D eigenvalue weighted by Gasteiger charge is -2.65. The SMILES string of the molecule is COCOCC1C2CC1(C(=O)OC)C2. The summed E-state index contributed by atoms with van der Waals surface area (Å²) in [5.74, 6) is 0.974. The molecule has 0 saturated heterocycles. The van der Waals surface area contributed by atoms with Gasteiger partial charge in [-0.15, -0.1) is 0 Å². The van der Waals surface area contributed by atoms with Gasteiger partial charge in [0.2, 0.25) is 0 Å². The molecule has 80 valence electrons. The standard InChI is InChI=1S/C10H16O4/c1-12-6-14-5-8-7-3-10(8,4-7)9(11)13-2/h7-8H,3-6H2,1-2H3. The smallest absolute Gasteiger partial charge is 0.312 e. The molecule has 1 atom stereocenters. The third kappa shape index (κ3) is 1.17. The third-order valence-electron chi connectivity index (χ3n) is 3.62. The lowest BCUT2D eigenvalue weighted by Crippen LogP contribution is -2.67. The van der Waals surface area contributed by atoms with E-state index in [0.29, 0.717) is 25.2 Å². The molecule has 0 N–H and O–H groups in total. The summed E-state index contributed by atoms with van der Waals surface area (Å²) < 4.78 is 14.9. The molecule has 2 bridgehead atoms. The number of hydrogen-bond acceptors (Lipinski definition) is 4. The van der Waals surface area contributed by atoms with Gasteiger partial charge >= 0.3 is 5.97 Å². The molecule has 3 aliphatic rings. The summed E-state index contributed by atoms with van der Waals surface area (Å²) in [6, 6.07) is 0. The molecule has 0 spiro atoms. The Bertz CT molecular complexity index is 232. The summed E-state index contributed by atoms with van der Waals surface area (Å²) in [5, 5.41) is 0. The van der Waals surface area contributed by atoms with E-state index in [1.54, 1.807) is 7.11 Å². The van der Waals surface area contributed by atoms with E-state index in [4.69, 9.17) is 14.2 Å². The van der Waals surface area contributed by atoms with Gasteiger partial charge in [0.15, 0.2) is 0 Å². The highest BCUT2D eigenvalue weighted by Gasteiger charge is 2.70. The van der Waals surface area contributed by atoms with Crippen molar-refractivity contribution in [1.29, 1.82) is 0 Å². The molecule has 0 radical (unpaired) electrons. The first kappa shape index (κ1) is 9.93. The molecule has 0 aromatic heterocycles. The Balaban J connectivity index is 1.82. The Morgan fingerprint density at radius 2 is 2.14 bits per heavy atom. The number of ether oxygens (including phenoxy) is 3. The van der Waals surface area contributed by atoms with E-state index < -0.39 is 0 Å². The number of esters is 1. The van der Waals surface area contributed by atoms with Crippen molar-refractivity contribution in [2.45, 2.75) is 12.8 Å². The zero-order valence-electron chi connectivity index (χ0n) is 8.62. The average Bonchev–Trinajstić information content (AvgIpc) is 2.09. The summed E-state index contributed by atoms with van der Waals surface area (Å²) in [5.41, 5.74) is -0.201. The maximum absolute atomic E-state index is 11.5. The van der Waals surface area contributed by atoms with Crippen LogP contribution in [-0.2, 0) is 19.0 Å². The van der Waals surface area contributed by atoms with Crippen LogP contribution in [0, 0.1) is 17.3 Å². The molecule has 14 heavy (non-hydrogen) atoms. The second-order valence-corrected chi connectivity index (χ2v) is 4.20. The topological polar surface area (TPSA) is 44.8 Å². The highest BCUT2D eigenvalue weighted by Crippen LogP contribution is 2.69. The average molecular weight is 200 g/mol. The van der Waals surface area contributed by atoms with Crippen LogP contribution < -0.4 is 0 Å². The van der Waals surface area contributed by atoms with Crippen LogP contribution >= 0.6 is 0 Å². The van der Waals surface area contributed by atoms with Crippen LogP contribution in [0.25, 0.3) is 0 Å². The van der Waals surface area contributed by atoms with Crippen LogP contribution in [0.1, 0.15) is 12.8 Å². The molecule has 0 aromatic rings. The van der Waals surface area contributed by atoms with Gasteiger partial charge < -0.3 is 14.2 Å². The van der Waals surface area contributed by atoms with Gasteiger partial charge in [0.25, 0.3) is 0 Å². The Kier molecular flexibility index (Phi) is 2.49. The molecular formula is C10H16O4. The number of rotatable bonds is 5.